The molecule has 0 nitrogen and oxygen atoms in total. The van der Waals surface area contributed by atoms with Gasteiger partial charge in [-0.1, -0.05) is 166 Å². The molecule has 262 valence electrons. The van der Waals surface area contributed by atoms with E-state index in [1.807, 2.05) is 11.3 Å². The summed E-state index contributed by atoms with van der Waals surface area (Å²) >= 11 is 1.93. The predicted octanol–water partition coefficient (Wildman–Crippen LogP) is 16.0. The van der Waals surface area contributed by atoms with Crippen molar-refractivity contribution in [2.75, 3.05) is 0 Å². The fourth-order valence-electron chi connectivity index (χ4n) is 9.90. The summed E-state index contributed by atoms with van der Waals surface area (Å²) in [5.41, 5.74) is 13.1. The number of hydrogen-bond acceptors (Lipinski definition) is 1. The molecular formula is C55H36S. The van der Waals surface area contributed by atoms with E-state index in [0.29, 0.717) is 0 Å². The van der Waals surface area contributed by atoms with E-state index >= 15 is 0 Å². The van der Waals surface area contributed by atoms with Crippen LogP contribution >= 0.6 is 11.3 Å². The third-order valence-electron chi connectivity index (χ3n) is 12.6. The Bertz CT molecular complexity index is 3390. The Morgan fingerprint density at radius 2 is 0.875 bits per heavy atom. The second-order valence-corrected chi connectivity index (χ2v) is 17.1. The first-order valence-electron chi connectivity index (χ1n) is 19.6. The molecule has 12 rings (SSSR count). The summed E-state index contributed by atoms with van der Waals surface area (Å²) in [7, 11) is 0. The van der Waals surface area contributed by atoms with Crippen LogP contribution in [-0.4, -0.2) is 0 Å². The van der Waals surface area contributed by atoms with Crippen LogP contribution in [0.15, 0.2) is 182 Å². The standard InChI is InChI=1S/C55H36S/c1-55(2)48-27-25-34-13-5-6-17-40(34)54(48)47-31-46-41-26-24-39(30-50(41)56-51(46)32-49(47)55)53-44-20-9-7-18-42(44)52(43-19-8-10-21-45(43)53)38-16-11-15-36(29-38)37-23-22-33-12-3-4-14-35(33)28-37/h3-32H,1-2H3. The third-order valence-corrected chi connectivity index (χ3v) is 13.7. The molecule has 1 aliphatic carbocycles. The minimum absolute atomic E-state index is 0.0568. The van der Waals surface area contributed by atoms with Gasteiger partial charge in [0.15, 0.2) is 0 Å². The molecule has 1 heterocycles. The summed E-state index contributed by atoms with van der Waals surface area (Å²) in [5.74, 6) is 0. The molecule has 1 heteroatoms. The second-order valence-electron chi connectivity index (χ2n) is 16.0. The monoisotopic (exact) mass is 728 g/mol. The summed E-state index contributed by atoms with van der Waals surface area (Å²) in [5, 5.41) is 13.0. The Morgan fingerprint density at radius 1 is 0.321 bits per heavy atom. The van der Waals surface area contributed by atoms with Crippen molar-refractivity contribution in [3.8, 4) is 44.5 Å². The van der Waals surface area contributed by atoms with Crippen molar-refractivity contribution < 1.29 is 0 Å². The molecule has 0 bridgehead atoms. The maximum absolute atomic E-state index is 2.50. The highest BCUT2D eigenvalue weighted by Crippen LogP contribution is 2.54. The Labute approximate surface area is 329 Å². The van der Waals surface area contributed by atoms with Crippen LogP contribution in [0.25, 0.3) is 108 Å². The van der Waals surface area contributed by atoms with Gasteiger partial charge in [0.1, 0.15) is 0 Å². The highest BCUT2D eigenvalue weighted by atomic mass is 32.1. The Balaban J connectivity index is 1.04. The molecule has 0 amide bonds. The number of thiophene rings is 1. The highest BCUT2D eigenvalue weighted by molar-refractivity contribution is 7.25. The molecule has 0 radical (unpaired) electrons. The van der Waals surface area contributed by atoms with E-state index < -0.39 is 0 Å². The fourth-order valence-corrected chi connectivity index (χ4v) is 11.1. The molecular weight excluding hydrogens is 693 g/mol. The van der Waals surface area contributed by atoms with Crippen LogP contribution in [0.5, 0.6) is 0 Å². The van der Waals surface area contributed by atoms with Crippen LogP contribution in [0.3, 0.4) is 0 Å². The molecule has 0 saturated carbocycles. The smallest absolute Gasteiger partial charge is 0.0361 e. The van der Waals surface area contributed by atoms with Gasteiger partial charge in [-0.3, -0.25) is 0 Å². The van der Waals surface area contributed by atoms with Gasteiger partial charge in [0.2, 0.25) is 0 Å². The van der Waals surface area contributed by atoms with Gasteiger partial charge >= 0.3 is 0 Å². The van der Waals surface area contributed by atoms with Gasteiger partial charge in [-0.25, -0.2) is 0 Å². The molecule has 1 aliphatic rings. The highest BCUT2D eigenvalue weighted by Gasteiger charge is 2.37. The zero-order valence-electron chi connectivity index (χ0n) is 31.2. The van der Waals surface area contributed by atoms with Crippen LogP contribution < -0.4 is 0 Å². The molecule has 0 aliphatic heterocycles. The molecule has 56 heavy (non-hydrogen) atoms. The van der Waals surface area contributed by atoms with E-state index in [1.165, 1.54) is 119 Å². The average Bonchev–Trinajstić information content (AvgIpc) is 3.71. The normalized spacial score (nSPS) is 13.3. The second kappa shape index (κ2) is 11.7. The van der Waals surface area contributed by atoms with Crippen LogP contribution in [0, 0.1) is 0 Å². The molecule has 0 saturated heterocycles. The van der Waals surface area contributed by atoms with Crippen molar-refractivity contribution in [3.05, 3.63) is 193 Å². The van der Waals surface area contributed by atoms with E-state index in [4.69, 9.17) is 0 Å². The van der Waals surface area contributed by atoms with Crippen molar-refractivity contribution >= 4 is 74.6 Å². The molecule has 0 fully saturated rings. The van der Waals surface area contributed by atoms with Crippen molar-refractivity contribution in [3.63, 3.8) is 0 Å². The van der Waals surface area contributed by atoms with E-state index in [0.717, 1.165) is 0 Å². The summed E-state index contributed by atoms with van der Waals surface area (Å²) in [6.07, 6.45) is 0. The van der Waals surface area contributed by atoms with E-state index in [-0.39, 0.29) is 5.41 Å². The molecule has 1 aromatic heterocycles. The summed E-state index contributed by atoms with van der Waals surface area (Å²) < 4.78 is 2.69. The van der Waals surface area contributed by atoms with Crippen LogP contribution in [-0.2, 0) is 5.41 Å². The zero-order valence-corrected chi connectivity index (χ0v) is 32.0. The molecule has 0 unspecified atom stereocenters. The van der Waals surface area contributed by atoms with Gasteiger partial charge in [0.05, 0.1) is 0 Å². The summed E-state index contributed by atoms with van der Waals surface area (Å²) in [4.78, 5) is 0. The Hall–Kier alpha value is -6.54. The van der Waals surface area contributed by atoms with Crippen molar-refractivity contribution in [1.29, 1.82) is 0 Å². The van der Waals surface area contributed by atoms with Crippen LogP contribution in [0.1, 0.15) is 25.0 Å². The minimum atomic E-state index is -0.0568. The average molecular weight is 729 g/mol. The molecule has 11 aromatic rings. The quantitative estimate of drug-likeness (QED) is 0.159. The van der Waals surface area contributed by atoms with Gasteiger partial charge in [-0.05, 0) is 129 Å². The third kappa shape index (κ3) is 4.53. The van der Waals surface area contributed by atoms with Crippen molar-refractivity contribution in [1.82, 2.24) is 0 Å². The Morgan fingerprint density at radius 3 is 1.61 bits per heavy atom. The lowest BCUT2D eigenvalue weighted by Crippen LogP contribution is -2.14. The summed E-state index contributed by atoms with van der Waals surface area (Å²) in [6.45, 7) is 4.78. The zero-order chi connectivity index (χ0) is 37.1. The maximum atomic E-state index is 2.50. The number of benzene rings is 10. The predicted molar refractivity (Wildman–Crippen MR) is 243 cm³/mol. The van der Waals surface area contributed by atoms with Gasteiger partial charge in [-0.15, -0.1) is 11.3 Å². The van der Waals surface area contributed by atoms with E-state index in [1.54, 1.807) is 0 Å². The lowest BCUT2D eigenvalue weighted by molar-refractivity contribution is 0.662. The van der Waals surface area contributed by atoms with Crippen LogP contribution in [0.4, 0.5) is 0 Å². The fraction of sp³-hybridized carbons (Fsp3) is 0.0545. The van der Waals surface area contributed by atoms with Gasteiger partial charge < -0.3 is 0 Å². The largest absolute Gasteiger partial charge is 0.135 e. The maximum Gasteiger partial charge on any atom is 0.0361 e. The number of hydrogen-bond donors (Lipinski definition) is 0. The lowest BCUT2D eigenvalue weighted by Gasteiger charge is -2.21. The lowest BCUT2D eigenvalue weighted by atomic mass is 9.82. The van der Waals surface area contributed by atoms with Gasteiger partial charge in [0.25, 0.3) is 0 Å². The first-order valence-corrected chi connectivity index (χ1v) is 20.4. The van der Waals surface area contributed by atoms with E-state index in [9.17, 15) is 0 Å². The van der Waals surface area contributed by atoms with Gasteiger partial charge in [-0.2, -0.15) is 0 Å². The van der Waals surface area contributed by atoms with Crippen molar-refractivity contribution in [2.45, 2.75) is 19.3 Å². The first kappa shape index (κ1) is 31.8. The minimum Gasteiger partial charge on any atom is -0.135 e. The molecule has 0 atom stereocenters. The Kier molecular flexibility index (Phi) is 6.66. The molecule has 0 spiro atoms. The number of rotatable bonds is 3. The summed E-state index contributed by atoms with van der Waals surface area (Å²) in [6, 6.07) is 68.2. The van der Waals surface area contributed by atoms with Crippen LogP contribution in [0.2, 0.25) is 0 Å². The SMILES string of the molecule is CC1(C)c2cc3sc4cc(-c5c6ccccc6c(-c6cccc(-c7ccc8ccccc8c7)c6)c6ccccc56)ccc4c3cc2-c2c1ccc1ccccc21. The molecule has 10 aromatic carbocycles. The van der Waals surface area contributed by atoms with Gasteiger partial charge in [0, 0.05) is 25.6 Å². The first-order chi connectivity index (χ1) is 27.5. The van der Waals surface area contributed by atoms with Crippen molar-refractivity contribution in [2.24, 2.45) is 0 Å². The number of fused-ring (bicyclic) bond motifs is 11. The topological polar surface area (TPSA) is 0 Å². The molecule has 0 N–H and O–H groups in total. The van der Waals surface area contributed by atoms with E-state index in [2.05, 4.69) is 196 Å².